The minimum Gasteiger partial charge on any atom is -0.324 e. The van der Waals surface area contributed by atoms with E-state index in [0.717, 1.165) is 10.8 Å². The van der Waals surface area contributed by atoms with Crippen molar-refractivity contribution in [3.63, 3.8) is 0 Å². The molecule has 1 aliphatic heterocycles. The van der Waals surface area contributed by atoms with Crippen molar-refractivity contribution in [3.8, 4) is 6.07 Å². The number of hydrogen-bond donors (Lipinski definition) is 2. The number of nitrogens with one attached hydrogen (secondary N) is 2. The maximum Gasteiger partial charge on any atom is 0.279 e. The number of anilines is 1. The van der Waals surface area contributed by atoms with E-state index in [1.54, 1.807) is 30.6 Å². The average Bonchev–Trinajstić information content (AvgIpc) is 2.72. The van der Waals surface area contributed by atoms with Gasteiger partial charge in [-0.05, 0) is 23.3 Å². The molecule has 0 unspecified atom stereocenters. The molecule has 0 aliphatic carbocycles. The van der Waals surface area contributed by atoms with Gasteiger partial charge in [0.15, 0.2) is 0 Å². The fraction of sp³-hybridized carbons (Fsp3) is 0.227. The number of halogens is 1. The molecule has 2 N–H and O–H groups in total. The van der Waals surface area contributed by atoms with E-state index < -0.39 is 10.2 Å². The summed E-state index contributed by atoms with van der Waals surface area (Å²) in [5, 5.41) is 14.0. The van der Waals surface area contributed by atoms with Gasteiger partial charge in [0.2, 0.25) is 5.91 Å². The first-order valence-corrected chi connectivity index (χ1v) is 11.7. The second-order valence-corrected chi connectivity index (χ2v) is 9.71. The Balaban J connectivity index is 1.46. The second-order valence-electron chi connectivity index (χ2n) is 7.52. The van der Waals surface area contributed by atoms with Gasteiger partial charge in [0, 0.05) is 41.6 Å². The number of benzene rings is 2. The van der Waals surface area contributed by atoms with E-state index in [2.05, 4.69) is 15.0 Å². The number of nitrogens with zero attached hydrogens (tertiary/aromatic N) is 3. The Morgan fingerprint density at radius 1 is 1.19 bits per heavy atom. The van der Waals surface area contributed by atoms with E-state index in [0.29, 0.717) is 21.8 Å². The van der Waals surface area contributed by atoms with Gasteiger partial charge in [-0.25, -0.2) is 0 Å². The van der Waals surface area contributed by atoms with Gasteiger partial charge in [0.1, 0.15) is 0 Å². The summed E-state index contributed by atoms with van der Waals surface area (Å²) in [7, 11) is -3.70. The number of fused-ring (bicyclic) bond motifs is 1. The first-order valence-electron chi connectivity index (χ1n) is 9.90. The molecule has 4 rings (SSSR count). The maximum absolute atomic E-state index is 12.8. The van der Waals surface area contributed by atoms with E-state index in [4.69, 9.17) is 16.9 Å². The van der Waals surface area contributed by atoms with Gasteiger partial charge in [-0.1, -0.05) is 41.9 Å². The molecule has 1 amide bonds. The Bertz CT molecular complexity index is 1310. The molecule has 2 aromatic carbocycles. The van der Waals surface area contributed by atoms with Crippen molar-refractivity contribution < 1.29 is 13.2 Å². The van der Waals surface area contributed by atoms with E-state index in [-0.39, 0.29) is 37.9 Å². The van der Waals surface area contributed by atoms with Crippen LogP contribution in [-0.4, -0.2) is 36.7 Å². The summed E-state index contributed by atoms with van der Waals surface area (Å²) in [5.74, 6) is -0.543. The number of hydrogen-bond acceptors (Lipinski definition) is 5. The van der Waals surface area contributed by atoms with Crippen LogP contribution in [0, 0.1) is 17.2 Å². The molecule has 1 aromatic heterocycles. The predicted molar refractivity (Wildman–Crippen MR) is 122 cm³/mol. The Kier molecular flexibility index (Phi) is 6.39. The molecule has 0 atom stereocenters. The van der Waals surface area contributed by atoms with Crippen LogP contribution in [-0.2, 0) is 28.0 Å². The molecule has 2 heterocycles. The molecule has 8 nitrogen and oxygen atoms in total. The molecule has 1 aliphatic rings. The van der Waals surface area contributed by atoms with Crippen LogP contribution in [0.15, 0.2) is 54.9 Å². The molecule has 164 valence electrons. The van der Waals surface area contributed by atoms with Crippen LogP contribution in [0.4, 0.5) is 5.69 Å². The van der Waals surface area contributed by atoms with Crippen molar-refractivity contribution in [2.24, 2.45) is 5.92 Å². The van der Waals surface area contributed by atoms with E-state index >= 15 is 0 Å². The predicted octanol–water partition coefficient (Wildman–Crippen LogP) is 2.86. The van der Waals surface area contributed by atoms with Crippen LogP contribution in [0.1, 0.15) is 11.1 Å². The van der Waals surface area contributed by atoms with Gasteiger partial charge in [0.05, 0.1) is 30.3 Å². The summed E-state index contributed by atoms with van der Waals surface area (Å²) >= 11 is 6.12. The summed E-state index contributed by atoms with van der Waals surface area (Å²) in [6, 6.07) is 14.6. The Morgan fingerprint density at radius 2 is 1.97 bits per heavy atom. The minimum absolute atomic E-state index is 0.00561. The van der Waals surface area contributed by atoms with Gasteiger partial charge >= 0.3 is 0 Å². The highest BCUT2D eigenvalue weighted by molar-refractivity contribution is 7.87. The molecule has 1 saturated heterocycles. The largest absolute Gasteiger partial charge is 0.324 e. The highest BCUT2D eigenvalue weighted by Crippen LogP contribution is 2.23. The summed E-state index contributed by atoms with van der Waals surface area (Å²) in [6.45, 7) is 0.368. The van der Waals surface area contributed by atoms with Crippen LogP contribution >= 0.6 is 11.6 Å². The average molecular weight is 470 g/mol. The van der Waals surface area contributed by atoms with E-state index in [1.807, 2.05) is 30.3 Å². The first-order chi connectivity index (χ1) is 15.4. The molecule has 1 fully saturated rings. The molecule has 0 saturated carbocycles. The fourth-order valence-corrected chi connectivity index (χ4v) is 4.96. The van der Waals surface area contributed by atoms with Crippen molar-refractivity contribution in [2.75, 3.05) is 18.4 Å². The van der Waals surface area contributed by atoms with Gasteiger partial charge in [-0.15, -0.1) is 0 Å². The summed E-state index contributed by atoms with van der Waals surface area (Å²) in [4.78, 5) is 16.9. The van der Waals surface area contributed by atoms with Crippen molar-refractivity contribution in [1.29, 1.82) is 5.26 Å². The lowest BCUT2D eigenvalue weighted by molar-refractivity contribution is -0.115. The first kappa shape index (κ1) is 22.2. The highest BCUT2D eigenvalue weighted by Gasteiger charge is 2.35. The number of nitriles is 1. The molecule has 32 heavy (non-hydrogen) atoms. The van der Waals surface area contributed by atoms with Crippen LogP contribution < -0.4 is 10.0 Å². The molecule has 0 radical (unpaired) electrons. The molecule has 0 spiro atoms. The third-order valence-corrected chi connectivity index (χ3v) is 7.00. The standard InChI is InChI=1S/C22H20ClN5O3S/c23-19-6-5-16(11-26-32(30,31)28-13-15(9-24)14-28)18(7-19)8-22(29)27-21-12-25-10-17-3-1-2-4-20(17)21/h1-7,10,12,15,26H,8,11,13-14H2,(H,27,29). The number of pyridine rings is 1. The van der Waals surface area contributed by atoms with Crippen LogP contribution in [0.5, 0.6) is 0 Å². The van der Waals surface area contributed by atoms with E-state index in [1.165, 1.54) is 4.31 Å². The zero-order chi connectivity index (χ0) is 22.7. The van der Waals surface area contributed by atoms with Crippen LogP contribution in [0.25, 0.3) is 10.8 Å². The third kappa shape index (κ3) is 4.89. The zero-order valence-electron chi connectivity index (χ0n) is 17.0. The Labute approximate surface area is 191 Å². The fourth-order valence-electron chi connectivity index (χ4n) is 3.49. The van der Waals surface area contributed by atoms with Crippen molar-refractivity contribution in [3.05, 3.63) is 71.0 Å². The zero-order valence-corrected chi connectivity index (χ0v) is 18.5. The van der Waals surface area contributed by atoms with Crippen molar-refractivity contribution >= 4 is 44.2 Å². The number of amides is 1. The lowest BCUT2D eigenvalue weighted by Gasteiger charge is -2.33. The topological polar surface area (TPSA) is 115 Å². The second kappa shape index (κ2) is 9.22. The lowest BCUT2D eigenvalue weighted by atomic mass is 10.0. The number of carbonyl (C=O) groups excluding carboxylic acids is 1. The number of aromatic nitrogens is 1. The van der Waals surface area contributed by atoms with Gasteiger partial charge in [-0.2, -0.15) is 22.7 Å². The maximum atomic E-state index is 12.8. The van der Waals surface area contributed by atoms with Crippen LogP contribution in [0.2, 0.25) is 5.02 Å². The van der Waals surface area contributed by atoms with Gasteiger partial charge < -0.3 is 5.32 Å². The molecule has 0 bridgehead atoms. The minimum atomic E-state index is -3.70. The SMILES string of the molecule is N#CC1CN(S(=O)(=O)NCc2ccc(Cl)cc2CC(=O)Nc2cncc3ccccc23)C1. The molecule has 3 aromatic rings. The molecular formula is C22H20ClN5O3S. The Hall–Kier alpha value is -3.03. The number of carbonyl (C=O) groups is 1. The summed E-state index contributed by atoms with van der Waals surface area (Å²) < 4.78 is 28.6. The summed E-state index contributed by atoms with van der Waals surface area (Å²) in [5.41, 5.74) is 1.85. The number of rotatable bonds is 7. The van der Waals surface area contributed by atoms with Crippen molar-refractivity contribution in [1.82, 2.24) is 14.0 Å². The summed E-state index contributed by atoms with van der Waals surface area (Å²) in [6.07, 6.45) is 3.33. The van der Waals surface area contributed by atoms with Crippen molar-refractivity contribution in [2.45, 2.75) is 13.0 Å². The molecular weight excluding hydrogens is 450 g/mol. The lowest BCUT2D eigenvalue weighted by Crippen LogP contribution is -2.53. The quantitative estimate of drug-likeness (QED) is 0.552. The third-order valence-electron chi connectivity index (χ3n) is 5.28. The Morgan fingerprint density at radius 3 is 2.75 bits per heavy atom. The smallest absolute Gasteiger partial charge is 0.279 e. The monoisotopic (exact) mass is 469 g/mol. The molecule has 10 heteroatoms. The van der Waals surface area contributed by atoms with Crippen LogP contribution in [0.3, 0.4) is 0 Å². The van der Waals surface area contributed by atoms with Gasteiger partial charge in [0.25, 0.3) is 10.2 Å². The normalized spacial score (nSPS) is 14.6. The van der Waals surface area contributed by atoms with Gasteiger partial charge in [-0.3, -0.25) is 9.78 Å². The highest BCUT2D eigenvalue weighted by atomic mass is 35.5. The van der Waals surface area contributed by atoms with E-state index in [9.17, 15) is 13.2 Å².